The molecule has 2 N–H and O–H groups in total. The molecule has 10 heteroatoms. The van der Waals surface area contributed by atoms with Crippen molar-refractivity contribution in [2.24, 2.45) is 7.05 Å². The molecule has 0 radical (unpaired) electrons. The molecule has 9 nitrogen and oxygen atoms in total. The first-order valence-corrected chi connectivity index (χ1v) is 11.7. The Bertz CT molecular complexity index is 1100. The van der Waals surface area contributed by atoms with Crippen LogP contribution in [0, 0.1) is 0 Å². The van der Waals surface area contributed by atoms with Gasteiger partial charge in [-0.1, -0.05) is 6.07 Å². The summed E-state index contributed by atoms with van der Waals surface area (Å²) < 4.78 is 25.3. The van der Waals surface area contributed by atoms with Crippen LogP contribution in [0.1, 0.15) is 28.4 Å². The SMILES string of the molecule is Cn1cc([C@H](C(=O)O)N2CCN([C@H]3CCS(=O)(=O)C3)CC2)c2ccc(C(=O)O)cc21. The molecule has 0 amide bonds. The molecule has 4 rings (SSSR count). The number of aliphatic carboxylic acids is 1. The Labute approximate surface area is 174 Å². The molecule has 0 saturated carbocycles. The zero-order chi connectivity index (χ0) is 21.6. The highest BCUT2D eigenvalue weighted by molar-refractivity contribution is 7.91. The van der Waals surface area contributed by atoms with Crippen LogP contribution >= 0.6 is 0 Å². The second-order valence-corrected chi connectivity index (χ2v) is 10.3. The molecular weight excluding hydrogens is 410 g/mol. The van der Waals surface area contributed by atoms with Crippen molar-refractivity contribution in [3.8, 4) is 0 Å². The maximum absolute atomic E-state index is 12.2. The van der Waals surface area contributed by atoms with Crippen molar-refractivity contribution in [1.82, 2.24) is 14.4 Å². The number of rotatable bonds is 5. The summed E-state index contributed by atoms with van der Waals surface area (Å²) in [5.41, 5.74) is 1.46. The number of fused-ring (bicyclic) bond motifs is 1. The van der Waals surface area contributed by atoms with Gasteiger partial charge in [0.05, 0.1) is 17.1 Å². The number of sulfone groups is 1. The molecule has 0 unspecified atom stereocenters. The van der Waals surface area contributed by atoms with E-state index in [9.17, 15) is 28.2 Å². The van der Waals surface area contributed by atoms with E-state index < -0.39 is 27.8 Å². The molecular formula is C20H25N3O6S. The Hall–Kier alpha value is -2.43. The summed E-state index contributed by atoms with van der Waals surface area (Å²) in [6, 6.07) is 3.89. The molecule has 1 aromatic carbocycles. The van der Waals surface area contributed by atoms with Crippen molar-refractivity contribution in [1.29, 1.82) is 0 Å². The van der Waals surface area contributed by atoms with E-state index >= 15 is 0 Å². The average molecular weight is 436 g/mol. The van der Waals surface area contributed by atoms with Crippen LogP contribution < -0.4 is 0 Å². The smallest absolute Gasteiger partial charge is 0.335 e. The van der Waals surface area contributed by atoms with Crippen LogP contribution in [-0.2, 0) is 21.7 Å². The number of hydrogen-bond acceptors (Lipinski definition) is 6. The number of piperazine rings is 1. The Morgan fingerprint density at radius 2 is 1.83 bits per heavy atom. The van der Waals surface area contributed by atoms with Crippen molar-refractivity contribution < 1.29 is 28.2 Å². The maximum Gasteiger partial charge on any atom is 0.335 e. The summed E-state index contributed by atoms with van der Waals surface area (Å²) in [6.45, 7) is 2.30. The van der Waals surface area contributed by atoms with E-state index in [4.69, 9.17) is 0 Å². The Morgan fingerprint density at radius 1 is 1.13 bits per heavy atom. The fourth-order valence-electron chi connectivity index (χ4n) is 4.68. The summed E-state index contributed by atoms with van der Waals surface area (Å²) in [5.74, 6) is -1.57. The van der Waals surface area contributed by atoms with Crippen molar-refractivity contribution in [2.45, 2.75) is 18.5 Å². The number of carboxylic acids is 2. The predicted octanol–water partition coefficient (Wildman–Crippen LogP) is 0.807. The first-order chi connectivity index (χ1) is 14.2. The van der Waals surface area contributed by atoms with E-state index in [1.54, 1.807) is 29.9 Å². The lowest BCUT2D eigenvalue weighted by Crippen LogP contribution is -2.52. The van der Waals surface area contributed by atoms with Crippen LogP contribution in [0.5, 0.6) is 0 Å². The van der Waals surface area contributed by atoms with E-state index in [-0.39, 0.29) is 23.1 Å². The highest BCUT2D eigenvalue weighted by atomic mass is 32.2. The second-order valence-electron chi connectivity index (χ2n) is 8.10. The van der Waals surface area contributed by atoms with E-state index in [0.717, 1.165) is 5.39 Å². The summed E-state index contributed by atoms with van der Waals surface area (Å²) in [4.78, 5) is 27.6. The molecule has 2 aliphatic heterocycles. The number of aryl methyl sites for hydroxylation is 1. The van der Waals surface area contributed by atoms with E-state index in [2.05, 4.69) is 4.90 Å². The molecule has 3 heterocycles. The highest BCUT2D eigenvalue weighted by Gasteiger charge is 2.37. The largest absolute Gasteiger partial charge is 0.480 e. The van der Waals surface area contributed by atoms with Gasteiger partial charge in [0.15, 0.2) is 9.84 Å². The second kappa shape index (κ2) is 7.68. The van der Waals surface area contributed by atoms with Crippen molar-refractivity contribution >= 4 is 32.7 Å². The summed E-state index contributed by atoms with van der Waals surface area (Å²) >= 11 is 0. The Kier molecular flexibility index (Phi) is 5.33. The van der Waals surface area contributed by atoms with Gasteiger partial charge >= 0.3 is 11.9 Å². The van der Waals surface area contributed by atoms with Crippen LogP contribution in [0.3, 0.4) is 0 Å². The molecule has 0 bridgehead atoms. The molecule has 2 atom stereocenters. The van der Waals surface area contributed by atoms with Gasteiger partial charge in [0.25, 0.3) is 0 Å². The average Bonchev–Trinajstić information content (AvgIpc) is 3.21. The van der Waals surface area contributed by atoms with Crippen LogP contribution in [0.4, 0.5) is 0 Å². The molecule has 2 saturated heterocycles. The lowest BCUT2D eigenvalue weighted by Gasteiger charge is -2.40. The molecule has 162 valence electrons. The Morgan fingerprint density at radius 3 is 2.40 bits per heavy atom. The number of carboxylic acid groups (broad SMARTS) is 2. The fourth-order valence-corrected chi connectivity index (χ4v) is 6.44. The van der Waals surface area contributed by atoms with E-state index in [1.165, 1.54) is 6.07 Å². The molecule has 30 heavy (non-hydrogen) atoms. The zero-order valence-corrected chi connectivity index (χ0v) is 17.5. The minimum atomic E-state index is -2.96. The minimum Gasteiger partial charge on any atom is -0.480 e. The number of nitrogens with zero attached hydrogens (tertiary/aromatic N) is 3. The van der Waals surface area contributed by atoms with Gasteiger partial charge in [-0.15, -0.1) is 0 Å². The van der Waals surface area contributed by atoms with Crippen molar-refractivity contribution in [2.75, 3.05) is 37.7 Å². The number of aromatic nitrogens is 1. The molecule has 2 aliphatic rings. The van der Waals surface area contributed by atoms with Gasteiger partial charge in [-0.05, 0) is 18.6 Å². The fraction of sp³-hybridized carbons (Fsp3) is 0.500. The van der Waals surface area contributed by atoms with Gasteiger partial charge in [-0.3, -0.25) is 14.6 Å². The topological polar surface area (TPSA) is 120 Å². The summed E-state index contributed by atoms with van der Waals surface area (Å²) in [5, 5.41) is 20.0. The highest BCUT2D eigenvalue weighted by Crippen LogP contribution is 2.32. The molecule has 1 aromatic heterocycles. The Balaban J connectivity index is 1.57. The normalized spacial score (nSPS) is 23.6. The number of carbonyl (C=O) groups is 2. The maximum atomic E-state index is 12.2. The standard InChI is InChI=1S/C20H25N3O6S/c1-21-11-16(15-3-2-13(19(24)25)10-17(15)21)18(20(26)27)23-7-5-22(6-8-23)14-4-9-30(28,29)12-14/h2-3,10-11,14,18H,4-9,12H2,1H3,(H,24,25)(H,26,27)/t14-,18+/m0/s1. The lowest BCUT2D eigenvalue weighted by molar-refractivity contribution is -0.144. The van der Waals surface area contributed by atoms with Crippen LogP contribution in [-0.4, -0.2) is 88.7 Å². The molecule has 2 aromatic rings. The minimum absolute atomic E-state index is 0.0208. The number of aromatic carboxylic acids is 1. The van der Waals surface area contributed by atoms with Crippen molar-refractivity contribution in [3.63, 3.8) is 0 Å². The molecule has 2 fully saturated rings. The predicted molar refractivity (Wildman–Crippen MR) is 110 cm³/mol. The van der Waals surface area contributed by atoms with Crippen LogP contribution in [0.2, 0.25) is 0 Å². The zero-order valence-electron chi connectivity index (χ0n) is 16.7. The summed E-state index contributed by atoms with van der Waals surface area (Å²) in [6.07, 6.45) is 2.39. The van der Waals surface area contributed by atoms with Crippen LogP contribution in [0.25, 0.3) is 10.9 Å². The number of hydrogen-bond donors (Lipinski definition) is 2. The first-order valence-electron chi connectivity index (χ1n) is 9.90. The quantitative estimate of drug-likeness (QED) is 0.708. The molecule has 0 aliphatic carbocycles. The third-order valence-electron chi connectivity index (χ3n) is 6.24. The van der Waals surface area contributed by atoms with Crippen LogP contribution in [0.15, 0.2) is 24.4 Å². The molecule has 0 spiro atoms. The van der Waals surface area contributed by atoms with Gasteiger partial charge in [-0.2, -0.15) is 0 Å². The van der Waals surface area contributed by atoms with Gasteiger partial charge in [0.2, 0.25) is 0 Å². The third-order valence-corrected chi connectivity index (χ3v) is 7.99. The number of benzene rings is 1. The van der Waals surface area contributed by atoms with Gasteiger partial charge < -0.3 is 14.8 Å². The third kappa shape index (κ3) is 3.82. The van der Waals surface area contributed by atoms with E-state index in [0.29, 0.717) is 43.7 Å². The van der Waals surface area contributed by atoms with Gasteiger partial charge in [0.1, 0.15) is 6.04 Å². The summed E-state index contributed by atoms with van der Waals surface area (Å²) in [7, 11) is -1.18. The van der Waals surface area contributed by atoms with Gasteiger partial charge in [-0.25, -0.2) is 13.2 Å². The first kappa shape index (κ1) is 20.8. The lowest BCUT2D eigenvalue weighted by atomic mass is 10.0. The van der Waals surface area contributed by atoms with E-state index in [1.807, 2.05) is 4.90 Å². The monoisotopic (exact) mass is 435 g/mol. The van der Waals surface area contributed by atoms with Crippen molar-refractivity contribution in [3.05, 3.63) is 35.5 Å². The van der Waals surface area contributed by atoms with Gasteiger partial charge in [0, 0.05) is 61.9 Å².